The molecule has 2 fully saturated rings. The number of rotatable bonds is 3. The Kier molecular flexibility index (Phi) is 5.03. The summed E-state index contributed by atoms with van der Waals surface area (Å²) < 4.78 is 18.7. The van der Waals surface area contributed by atoms with Crippen LogP contribution in [0.15, 0.2) is 23.2 Å². The molecule has 0 radical (unpaired) electrons. The molecule has 23 heavy (non-hydrogen) atoms. The van der Waals surface area contributed by atoms with Crippen LogP contribution in [0.4, 0.5) is 4.39 Å². The monoisotopic (exact) mass is 319 g/mol. The van der Waals surface area contributed by atoms with E-state index in [-0.39, 0.29) is 11.6 Å². The molecular formula is C18H26FN3O. The number of nitrogens with zero attached hydrogens (tertiary/aromatic N) is 2. The molecule has 1 saturated carbocycles. The molecule has 1 aromatic rings. The molecule has 0 spiro atoms. The Morgan fingerprint density at radius 1 is 1.30 bits per heavy atom. The quantitative estimate of drug-likeness (QED) is 0.687. The second-order valence-electron chi connectivity index (χ2n) is 6.58. The maximum Gasteiger partial charge on any atom is 0.193 e. The molecule has 1 aliphatic heterocycles. The first kappa shape index (κ1) is 16.1. The smallest absolute Gasteiger partial charge is 0.193 e. The Hall–Kier alpha value is -1.78. The van der Waals surface area contributed by atoms with Crippen LogP contribution in [0.5, 0.6) is 5.75 Å². The zero-order valence-electron chi connectivity index (χ0n) is 14.0. The first-order valence-electron chi connectivity index (χ1n) is 8.49. The van der Waals surface area contributed by atoms with Crippen LogP contribution in [0.25, 0.3) is 0 Å². The molecule has 1 N–H and O–H groups in total. The largest absolute Gasteiger partial charge is 0.494 e. The van der Waals surface area contributed by atoms with Gasteiger partial charge in [0.25, 0.3) is 0 Å². The van der Waals surface area contributed by atoms with Gasteiger partial charge < -0.3 is 15.0 Å². The number of guanidine groups is 1. The molecule has 4 nitrogen and oxygen atoms in total. The van der Waals surface area contributed by atoms with Crippen molar-refractivity contribution in [2.24, 2.45) is 16.8 Å². The third-order valence-corrected chi connectivity index (χ3v) is 5.15. The number of halogens is 1. The van der Waals surface area contributed by atoms with Crippen LogP contribution >= 0.6 is 0 Å². The lowest BCUT2D eigenvalue weighted by molar-refractivity contribution is 0.299. The molecule has 0 amide bonds. The van der Waals surface area contributed by atoms with Crippen molar-refractivity contribution in [2.45, 2.75) is 32.2 Å². The summed E-state index contributed by atoms with van der Waals surface area (Å²) in [5, 5.41) is 3.37. The van der Waals surface area contributed by atoms with Gasteiger partial charge in [0, 0.05) is 26.7 Å². The highest BCUT2D eigenvalue weighted by molar-refractivity contribution is 5.80. The van der Waals surface area contributed by atoms with Crippen molar-refractivity contribution in [3.8, 4) is 5.75 Å². The van der Waals surface area contributed by atoms with Crippen LogP contribution in [-0.2, 0) is 6.54 Å². The van der Waals surface area contributed by atoms with E-state index >= 15 is 0 Å². The van der Waals surface area contributed by atoms with Gasteiger partial charge in [0.15, 0.2) is 17.5 Å². The standard InChI is InChI=1S/C18H26FN3O/c1-20-18(22-11-14-5-3-4-6-15(14)12-22)21-10-13-7-8-17(23-2)16(19)9-13/h7-9,14-15H,3-6,10-12H2,1-2H3,(H,20,21). The minimum atomic E-state index is -0.325. The van der Waals surface area contributed by atoms with Gasteiger partial charge in [-0.3, -0.25) is 4.99 Å². The van der Waals surface area contributed by atoms with E-state index in [1.165, 1.54) is 38.9 Å². The molecule has 126 valence electrons. The van der Waals surface area contributed by atoms with E-state index in [1.54, 1.807) is 6.07 Å². The minimum Gasteiger partial charge on any atom is -0.494 e. The van der Waals surface area contributed by atoms with E-state index in [9.17, 15) is 4.39 Å². The number of likely N-dealkylation sites (tertiary alicyclic amines) is 1. The lowest BCUT2D eigenvalue weighted by Gasteiger charge is -2.22. The molecule has 3 rings (SSSR count). The highest BCUT2D eigenvalue weighted by Gasteiger charge is 2.35. The Bertz CT molecular complexity index is 561. The summed E-state index contributed by atoms with van der Waals surface area (Å²) in [6, 6.07) is 5.06. The van der Waals surface area contributed by atoms with Crippen molar-refractivity contribution in [3.05, 3.63) is 29.6 Å². The maximum atomic E-state index is 13.8. The number of fused-ring (bicyclic) bond motifs is 1. The lowest BCUT2D eigenvalue weighted by Crippen LogP contribution is -2.39. The second kappa shape index (κ2) is 7.20. The van der Waals surface area contributed by atoms with Crippen molar-refractivity contribution in [3.63, 3.8) is 0 Å². The van der Waals surface area contributed by atoms with Crippen molar-refractivity contribution in [2.75, 3.05) is 27.2 Å². The van der Waals surface area contributed by atoms with Crippen LogP contribution in [0.1, 0.15) is 31.2 Å². The maximum absolute atomic E-state index is 13.8. The van der Waals surface area contributed by atoms with E-state index in [0.717, 1.165) is 36.4 Å². The average Bonchev–Trinajstić information content (AvgIpc) is 2.99. The molecule has 5 heteroatoms. The van der Waals surface area contributed by atoms with Crippen LogP contribution in [0.3, 0.4) is 0 Å². The van der Waals surface area contributed by atoms with Gasteiger partial charge >= 0.3 is 0 Å². The predicted octanol–water partition coefficient (Wildman–Crippen LogP) is 3.03. The fraction of sp³-hybridized carbons (Fsp3) is 0.611. The molecule has 2 atom stereocenters. The van der Waals surface area contributed by atoms with Crippen molar-refractivity contribution in [1.82, 2.24) is 10.2 Å². The summed E-state index contributed by atoms with van der Waals surface area (Å²) in [5.41, 5.74) is 0.890. The van der Waals surface area contributed by atoms with Gasteiger partial charge in [-0.25, -0.2) is 4.39 Å². The Morgan fingerprint density at radius 3 is 2.57 bits per heavy atom. The molecule has 2 unspecified atom stereocenters. The molecule has 0 aromatic heterocycles. The summed E-state index contributed by atoms with van der Waals surface area (Å²) in [4.78, 5) is 6.77. The number of ether oxygens (including phenoxy) is 1. The Balaban J connectivity index is 1.59. The fourth-order valence-corrected chi connectivity index (χ4v) is 3.91. The summed E-state index contributed by atoms with van der Waals surface area (Å²) in [6.45, 7) is 2.77. The van der Waals surface area contributed by atoms with Gasteiger partial charge in [-0.2, -0.15) is 0 Å². The Morgan fingerprint density at radius 2 is 2.00 bits per heavy atom. The van der Waals surface area contributed by atoms with Crippen molar-refractivity contribution in [1.29, 1.82) is 0 Å². The zero-order valence-corrected chi connectivity index (χ0v) is 14.0. The second-order valence-corrected chi connectivity index (χ2v) is 6.58. The van der Waals surface area contributed by atoms with Crippen molar-refractivity contribution >= 4 is 5.96 Å². The van der Waals surface area contributed by atoms with E-state index in [2.05, 4.69) is 15.2 Å². The number of nitrogens with one attached hydrogen (secondary N) is 1. The van der Waals surface area contributed by atoms with Gasteiger partial charge in [0.05, 0.1) is 7.11 Å². The highest BCUT2D eigenvalue weighted by atomic mass is 19.1. The van der Waals surface area contributed by atoms with Gasteiger partial charge in [-0.05, 0) is 42.4 Å². The number of aliphatic imine (C=N–C) groups is 1. The van der Waals surface area contributed by atoms with E-state index in [1.807, 2.05) is 13.1 Å². The molecule has 1 heterocycles. The van der Waals surface area contributed by atoms with Crippen LogP contribution in [0.2, 0.25) is 0 Å². The van der Waals surface area contributed by atoms with Gasteiger partial charge in [-0.1, -0.05) is 18.9 Å². The molecule has 1 saturated heterocycles. The van der Waals surface area contributed by atoms with E-state index in [0.29, 0.717) is 6.54 Å². The summed E-state index contributed by atoms with van der Waals surface area (Å²) in [5.74, 6) is 2.52. The normalized spacial score (nSPS) is 24.5. The number of hydrogen-bond acceptors (Lipinski definition) is 2. The minimum absolute atomic E-state index is 0.279. The molecule has 1 aromatic carbocycles. The van der Waals surface area contributed by atoms with E-state index in [4.69, 9.17) is 4.74 Å². The summed E-state index contributed by atoms with van der Waals surface area (Å²) in [6.07, 6.45) is 5.43. The Labute approximate surface area is 137 Å². The topological polar surface area (TPSA) is 36.9 Å². The third-order valence-electron chi connectivity index (χ3n) is 5.15. The first-order chi connectivity index (χ1) is 11.2. The molecule has 1 aliphatic carbocycles. The predicted molar refractivity (Wildman–Crippen MR) is 90.2 cm³/mol. The van der Waals surface area contributed by atoms with Crippen LogP contribution in [0, 0.1) is 17.7 Å². The van der Waals surface area contributed by atoms with Gasteiger partial charge in [0.1, 0.15) is 0 Å². The summed E-state index contributed by atoms with van der Waals surface area (Å²) in [7, 11) is 3.30. The molecule has 2 aliphatic rings. The van der Waals surface area contributed by atoms with E-state index < -0.39 is 0 Å². The number of methoxy groups -OCH3 is 1. The lowest BCUT2D eigenvalue weighted by atomic mass is 9.82. The number of hydrogen-bond donors (Lipinski definition) is 1. The zero-order chi connectivity index (χ0) is 16.2. The van der Waals surface area contributed by atoms with Crippen LogP contribution in [-0.4, -0.2) is 38.1 Å². The average molecular weight is 319 g/mol. The third kappa shape index (κ3) is 3.59. The molecule has 0 bridgehead atoms. The first-order valence-corrected chi connectivity index (χ1v) is 8.49. The molecular weight excluding hydrogens is 293 g/mol. The SMILES string of the molecule is CN=C(NCc1ccc(OC)c(F)c1)N1CC2CCCCC2C1. The highest BCUT2D eigenvalue weighted by Crippen LogP contribution is 2.35. The number of benzene rings is 1. The van der Waals surface area contributed by atoms with Gasteiger partial charge in [0.2, 0.25) is 0 Å². The van der Waals surface area contributed by atoms with Crippen LogP contribution < -0.4 is 10.1 Å². The fourth-order valence-electron chi connectivity index (χ4n) is 3.91. The summed E-state index contributed by atoms with van der Waals surface area (Å²) >= 11 is 0. The van der Waals surface area contributed by atoms with Gasteiger partial charge in [-0.15, -0.1) is 0 Å². The van der Waals surface area contributed by atoms with Crippen molar-refractivity contribution < 1.29 is 9.13 Å².